The average Bonchev–Trinajstić information content (AvgIpc) is 2.47. The second-order valence-corrected chi connectivity index (χ2v) is 4.95. The third-order valence-electron chi connectivity index (χ3n) is 3.07. The zero-order valence-corrected chi connectivity index (χ0v) is 11.9. The Hall–Kier alpha value is -2.00. The van der Waals surface area contributed by atoms with Gasteiger partial charge in [-0.05, 0) is 30.5 Å². The van der Waals surface area contributed by atoms with Crippen molar-refractivity contribution in [2.45, 2.75) is 12.8 Å². The average molecular weight is 289 g/mol. The van der Waals surface area contributed by atoms with E-state index in [0.29, 0.717) is 22.8 Å². The molecule has 0 fully saturated rings. The molecule has 0 aliphatic carbocycles. The molecule has 0 aromatic heterocycles. The van der Waals surface area contributed by atoms with E-state index < -0.39 is 0 Å². The molecule has 2 rings (SSSR count). The highest BCUT2D eigenvalue weighted by Gasteiger charge is 2.10. The van der Waals surface area contributed by atoms with E-state index in [2.05, 4.69) is 17.4 Å². The van der Waals surface area contributed by atoms with Crippen molar-refractivity contribution in [3.63, 3.8) is 0 Å². The highest BCUT2D eigenvalue weighted by atomic mass is 35.5. The lowest BCUT2D eigenvalue weighted by Gasteiger charge is -2.08. The number of aryl methyl sites for hydroxylation is 1. The molecule has 0 saturated carbocycles. The highest BCUT2D eigenvalue weighted by Crippen LogP contribution is 2.22. The van der Waals surface area contributed by atoms with E-state index in [-0.39, 0.29) is 5.91 Å². The third kappa shape index (κ3) is 3.75. The third-order valence-corrected chi connectivity index (χ3v) is 3.40. The second kappa shape index (κ2) is 6.96. The van der Waals surface area contributed by atoms with E-state index in [1.807, 2.05) is 18.2 Å². The molecule has 0 aliphatic heterocycles. The van der Waals surface area contributed by atoms with Gasteiger partial charge in [-0.25, -0.2) is 0 Å². The van der Waals surface area contributed by atoms with Gasteiger partial charge in [-0.15, -0.1) is 0 Å². The van der Waals surface area contributed by atoms with Crippen molar-refractivity contribution in [3.05, 3.63) is 64.7 Å². The molecule has 2 aromatic carbocycles. The molecular formula is C16H17ClN2O. The minimum Gasteiger partial charge on any atom is -0.397 e. The number of nitrogen functional groups attached to an aromatic ring is 1. The van der Waals surface area contributed by atoms with Crippen LogP contribution in [0.1, 0.15) is 22.3 Å². The predicted octanol–water partition coefficient (Wildman–Crippen LogP) is 3.28. The molecule has 20 heavy (non-hydrogen) atoms. The van der Waals surface area contributed by atoms with Gasteiger partial charge in [0.25, 0.3) is 5.91 Å². The number of carbonyl (C=O) groups is 1. The molecule has 3 N–H and O–H groups in total. The van der Waals surface area contributed by atoms with Crippen molar-refractivity contribution < 1.29 is 4.79 Å². The first-order valence-electron chi connectivity index (χ1n) is 6.54. The Kier molecular flexibility index (Phi) is 5.02. The lowest BCUT2D eigenvalue weighted by molar-refractivity contribution is 0.0954. The Labute approximate surface area is 123 Å². The van der Waals surface area contributed by atoms with Crippen LogP contribution in [0.25, 0.3) is 0 Å². The molecule has 0 heterocycles. The van der Waals surface area contributed by atoms with E-state index in [1.165, 1.54) is 5.56 Å². The maximum atomic E-state index is 12.0. The van der Waals surface area contributed by atoms with Crippen molar-refractivity contribution in [2.24, 2.45) is 0 Å². The monoisotopic (exact) mass is 288 g/mol. The Bertz CT molecular complexity index is 584. The van der Waals surface area contributed by atoms with Gasteiger partial charge in [0, 0.05) is 6.54 Å². The zero-order valence-electron chi connectivity index (χ0n) is 11.1. The highest BCUT2D eigenvalue weighted by molar-refractivity contribution is 6.33. The van der Waals surface area contributed by atoms with E-state index in [1.54, 1.807) is 18.2 Å². The molecule has 0 aliphatic rings. The van der Waals surface area contributed by atoms with E-state index >= 15 is 0 Å². The van der Waals surface area contributed by atoms with Gasteiger partial charge in [-0.2, -0.15) is 0 Å². The molecule has 0 radical (unpaired) electrons. The van der Waals surface area contributed by atoms with Gasteiger partial charge in [-0.3, -0.25) is 4.79 Å². The van der Waals surface area contributed by atoms with Crippen LogP contribution in [0.3, 0.4) is 0 Å². The van der Waals surface area contributed by atoms with E-state index in [9.17, 15) is 4.79 Å². The molecule has 1 amide bonds. The largest absolute Gasteiger partial charge is 0.397 e. The van der Waals surface area contributed by atoms with Crippen LogP contribution in [0.2, 0.25) is 5.02 Å². The van der Waals surface area contributed by atoms with E-state index in [0.717, 1.165) is 12.8 Å². The summed E-state index contributed by atoms with van der Waals surface area (Å²) in [5.74, 6) is -0.182. The van der Waals surface area contributed by atoms with Crippen molar-refractivity contribution in [2.75, 3.05) is 12.3 Å². The molecule has 0 unspecified atom stereocenters. The molecule has 0 spiro atoms. The van der Waals surface area contributed by atoms with Gasteiger partial charge < -0.3 is 11.1 Å². The van der Waals surface area contributed by atoms with Crippen LogP contribution in [0.15, 0.2) is 48.5 Å². The summed E-state index contributed by atoms with van der Waals surface area (Å²) in [6.07, 6.45) is 1.82. The molecular weight excluding hydrogens is 272 g/mol. The van der Waals surface area contributed by atoms with Crippen LogP contribution >= 0.6 is 11.6 Å². The number of hydrogen-bond donors (Lipinski definition) is 2. The van der Waals surface area contributed by atoms with Gasteiger partial charge >= 0.3 is 0 Å². The summed E-state index contributed by atoms with van der Waals surface area (Å²) < 4.78 is 0. The molecule has 0 saturated heterocycles. The number of carbonyl (C=O) groups excluding carboxylic acids is 1. The number of halogens is 1. The maximum absolute atomic E-state index is 12.0. The van der Waals surface area contributed by atoms with Crippen molar-refractivity contribution in [1.82, 2.24) is 5.32 Å². The second-order valence-electron chi connectivity index (χ2n) is 4.55. The number of para-hydroxylation sites is 1. The molecule has 104 valence electrons. The fourth-order valence-corrected chi connectivity index (χ4v) is 2.14. The standard InChI is InChI=1S/C16H17ClN2O/c17-14-10-4-9-13(15(14)18)16(20)19-11-5-8-12-6-2-1-3-7-12/h1-4,6-7,9-10H,5,8,11,18H2,(H,19,20). The van der Waals surface area contributed by atoms with Gasteiger partial charge in [0.2, 0.25) is 0 Å². The Morgan fingerprint density at radius 3 is 2.60 bits per heavy atom. The first-order valence-corrected chi connectivity index (χ1v) is 6.92. The Morgan fingerprint density at radius 1 is 1.10 bits per heavy atom. The number of anilines is 1. The SMILES string of the molecule is Nc1c(Cl)cccc1C(=O)NCCCc1ccccc1. The van der Waals surface area contributed by atoms with E-state index in [4.69, 9.17) is 17.3 Å². The summed E-state index contributed by atoms with van der Waals surface area (Å²) >= 11 is 5.89. The summed E-state index contributed by atoms with van der Waals surface area (Å²) in [7, 11) is 0. The van der Waals surface area contributed by atoms with Crippen molar-refractivity contribution >= 4 is 23.2 Å². The Morgan fingerprint density at radius 2 is 1.85 bits per heavy atom. The van der Waals surface area contributed by atoms with Crippen LogP contribution in [0.5, 0.6) is 0 Å². The maximum Gasteiger partial charge on any atom is 0.253 e. The van der Waals surface area contributed by atoms with Crippen LogP contribution in [0, 0.1) is 0 Å². The van der Waals surface area contributed by atoms with Crippen molar-refractivity contribution in [3.8, 4) is 0 Å². The van der Waals surface area contributed by atoms with Gasteiger partial charge in [0.05, 0.1) is 16.3 Å². The summed E-state index contributed by atoms with van der Waals surface area (Å²) in [5.41, 5.74) is 7.81. The summed E-state index contributed by atoms with van der Waals surface area (Å²) in [5, 5.41) is 3.26. The minimum atomic E-state index is -0.182. The number of rotatable bonds is 5. The molecule has 0 bridgehead atoms. The van der Waals surface area contributed by atoms with Crippen LogP contribution in [0.4, 0.5) is 5.69 Å². The smallest absolute Gasteiger partial charge is 0.253 e. The Balaban J connectivity index is 1.82. The number of nitrogens with two attached hydrogens (primary N) is 1. The van der Waals surface area contributed by atoms with Crippen LogP contribution < -0.4 is 11.1 Å². The van der Waals surface area contributed by atoms with Gasteiger partial charge in [0.1, 0.15) is 0 Å². The number of nitrogens with one attached hydrogen (secondary N) is 1. The summed E-state index contributed by atoms with van der Waals surface area (Å²) in [4.78, 5) is 12.0. The normalized spacial score (nSPS) is 10.2. The number of hydrogen-bond acceptors (Lipinski definition) is 2. The van der Waals surface area contributed by atoms with Gasteiger partial charge in [-0.1, -0.05) is 48.0 Å². The number of benzene rings is 2. The fraction of sp³-hybridized carbons (Fsp3) is 0.188. The summed E-state index contributed by atoms with van der Waals surface area (Å²) in [6.45, 7) is 0.611. The van der Waals surface area contributed by atoms with Crippen LogP contribution in [-0.4, -0.2) is 12.5 Å². The quantitative estimate of drug-likeness (QED) is 0.655. The predicted molar refractivity (Wildman–Crippen MR) is 83.0 cm³/mol. The zero-order chi connectivity index (χ0) is 14.4. The van der Waals surface area contributed by atoms with Gasteiger partial charge in [0.15, 0.2) is 0 Å². The fourth-order valence-electron chi connectivity index (χ4n) is 1.97. The number of amides is 1. The molecule has 0 atom stereocenters. The van der Waals surface area contributed by atoms with Crippen LogP contribution in [-0.2, 0) is 6.42 Å². The minimum absolute atomic E-state index is 0.182. The molecule has 4 heteroatoms. The first-order chi connectivity index (χ1) is 9.68. The van der Waals surface area contributed by atoms with Crippen molar-refractivity contribution in [1.29, 1.82) is 0 Å². The molecule has 2 aromatic rings. The lowest BCUT2D eigenvalue weighted by Crippen LogP contribution is -2.25. The first kappa shape index (κ1) is 14.4. The molecule has 3 nitrogen and oxygen atoms in total. The topological polar surface area (TPSA) is 55.1 Å². The lowest BCUT2D eigenvalue weighted by atomic mass is 10.1. The summed E-state index contributed by atoms with van der Waals surface area (Å²) in [6, 6.07) is 15.2.